The fourth-order valence-electron chi connectivity index (χ4n) is 1.62. The summed E-state index contributed by atoms with van der Waals surface area (Å²) in [6, 6.07) is 0. The van der Waals surface area contributed by atoms with Crippen LogP contribution < -0.4 is 5.43 Å². The molecule has 1 rings (SSSR count). The summed E-state index contributed by atoms with van der Waals surface area (Å²) in [6.45, 7) is 4.65. The van der Waals surface area contributed by atoms with Gasteiger partial charge in [-0.25, -0.2) is 8.42 Å². The van der Waals surface area contributed by atoms with E-state index in [4.69, 9.17) is 0 Å². The van der Waals surface area contributed by atoms with Gasteiger partial charge in [-0.2, -0.15) is 4.31 Å². The van der Waals surface area contributed by atoms with Crippen molar-refractivity contribution in [3.8, 4) is 0 Å². The van der Waals surface area contributed by atoms with Crippen molar-refractivity contribution in [2.24, 2.45) is 0 Å². The predicted molar refractivity (Wildman–Crippen MR) is 74.1 cm³/mol. The lowest BCUT2D eigenvalue weighted by atomic mass is 10.4. The molecule has 0 atom stereocenters. The van der Waals surface area contributed by atoms with Crippen LogP contribution in [0.1, 0.15) is 26.7 Å². The van der Waals surface area contributed by atoms with Crippen molar-refractivity contribution in [1.82, 2.24) is 9.29 Å². The van der Waals surface area contributed by atoms with Crippen LogP contribution in [0.25, 0.3) is 0 Å². The molecule has 0 fully saturated rings. The zero-order chi connectivity index (χ0) is 13.8. The molecule has 0 spiro atoms. The highest BCUT2D eigenvalue weighted by Gasteiger charge is 2.26. The molecule has 5 nitrogen and oxygen atoms in total. The van der Waals surface area contributed by atoms with Crippen molar-refractivity contribution < 1.29 is 8.42 Å². The lowest BCUT2D eigenvalue weighted by Gasteiger charge is -2.20. The molecule has 1 aromatic rings. The summed E-state index contributed by atoms with van der Waals surface area (Å²) in [5.74, 6) is 0. The molecule has 0 radical (unpaired) electrons. The number of hydrogen-bond acceptors (Lipinski definition) is 3. The summed E-state index contributed by atoms with van der Waals surface area (Å²) < 4.78 is 26.3. The maximum atomic E-state index is 12.4. The number of H-pyrrole nitrogens is 1. The van der Waals surface area contributed by atoms with Crippen molar-refractivity contribution in [2.45, 2.75) is 31.6 Å². The van der Waals surface area contributed by atoms with Gasteiger partial charge in [0.1, 0.15) is 4.90 Å². The van der Waals surface area contributed by atoms with E-state index in [9.17, 15) is 13.2 Å². The molecule has 0 amide bonds. The Bertz CT molecular complexity index is 548. The van der Waals surface area contributed by atoms with Gasteiger partial charge in [-0.15, -0.1) is 0 Å². The Morgan fingerprint density at radius 2 is 1.78 bits per heavy atom. The largest absolute Gasteiger partial charge is 0.365 e. The molecule has 18 heavy (non-hydrogen) atoms. The van der Waals surface area contributed by atoms with Gasteiger partial charge in [-0.05, 0) is 28.8 Å². The zero-order valence-electron chi connectivity index (χ0n) is 10.4. The van der Waals surface area contributed by atoms with Crippen molar-refractivity contribution in [2.75, 3.05) is 13.1 Å². The molecule has 0 aliphatic heterocycles. The predicted octanol–water partition coefficient (Wildman–Crippen LogP) is 1.95. The van der Waals surface area contributed by atoms with E-state index in [1.807, 2.05) is 13.8 Å². The average molecular weight is 337 g/mol. The minimum atomic E-state index is -3.72. The van der Waals surface area contributed by atoms with E-state index < -0.39 is 15.5 Å². The molecule has 0 saturated heterocycles. The number of aromatic nitrogens is 1. The first-order chi connectivity index (χ1) is 8.45. The van der Waals surface area contributed by atoms with Gasteiger partial charge in [0.05, 0.1) is 4.47 Å². The quantitative estimate of drug-likeness (QED) is 0.862. The minimum absolute atomic E-state index is 0.209. The summed E-state index contributed by atoms with van der Waals surface area (Å²) in [5, 5.41) is 0. The number of hydrogen-bond donors (Lipinski definition) is 1. The van der Waals surface area contributed by atoms with Crippen LogP contribution in [0.2, 0.25) is 0 Å². The molecule has 0 aliphatic rings. The van der Waals surface area contributed by atoms with E-state index in [1.165, 1.54) is 16.7 Å². The van der Waals surface area contributed by atoms with E-state index in [0.717, 1.165) is 0 Å². The number of pyridine rings is 1. The van der Waals surface area contributed by atoms with E-state index in [0.29, 0.717) is 25.9 Å². The normalized spacial score (nSPS) is 12.0. The summed E-state index contributed by atoms with van der Waals surface area (Å²) in [6.07, 6.45) is 4.09. The van der Waals surface area contributed by atoms with E-state index in [2.05, 4.69) is 20.9 Å². The Morgan fingerprint density at radius 3 is 2.28 bits per heavy atom. The van der Waals surface area contributed by atoms with Gasteiger partial charge < -0.3 is 4.98 Å². The molecule has 0 aromatic carbocycles. The van der Waals surface area contributed by atoms with Crippen LogP contribution in [0, 0.1) is 0 Å². The van der Waals surface area contributed by atoms with Gasteiger partial charge in [0.2, 0.25) is 15.5 Å². The third-order valence-corrected chi connectivity index (χ3v) is 4.92. The number of aromatic amines is 1. The lowest BCUT2D eigenvalue weighted by molar-refractivity contribution is 0.409. The smallest absolute Gasteiger partial charge is 0.248 e. The van der Waals surface area contributed by atoms with Gasteiger partial charge in [0, 0.05) is 25.5 Å². The maximum absolute atomic E-state index is 12.4. The van der Waals surface area contributed by atoms with Crippen LogP contribution in [0.5, 0.6) is 0 Å². The van der Waals surface area contributed by atoms with E-state index in [1.54, 1.807) is 0 Å². The Hall–Kier alpha value is -0.660. The highest BCUT2D eigenvalue weighted by atomic mass is 79.9. The Labute approximate surface area is 115 Å². The first kappa shape index (κ1) is 15.4. The molecule has 0 saturated carbocycles. The van der Waals surface area contributed by atoms with Crippen LogP contribution in [-0.2, 0) is 10.0 Å². The highest BCUT2D eigenvalue weighted by molar-refractivity contribution is 9.10. The second kappa shape index (κ2) is 6.49. The van der Waals surface area contributed by atoms with Gasteiger partial charge in [0.15, 0.2) is 0 Å². The summed E-state index contributed by atoms with van der Waals surface area (Å²) in [7, 11) is -3.72. The average Bonchev–Trinajstić information content (AvgIpc) is 2.32. The van der Waals surface area contributed by atoms with Crippen LogP contribution in [0.15, 0.2) is 26.6 Å². The third kappa shape index (κ3) is 3.21. The number of rotatable bonds is 6. The van der Waals surface area contributed by atoms with Crippen molar-refractivity contribution in [1.29, 1.82) is 0 Å². The van der Waals surface area contributed by atoms with E-state index in [-0.39, 0.29) is 9.37 Å². The number of sulfonamides is 1. The SMILES string of the molecule is CCCN(CCC)S(=O)(=O)c1c[nH]cc(Br)c1=O. The molecule has 0 bridgehead atoms. The molecule has 0 aliphatic carbocycles. The monoisotopic (exact) mass is 336 g/mol. The molecule has 102 valence electrons. The number of nitrogens with one attached hydrogen (secondary N) is 1. The topological polar surface area (TPSA) is 70.2 Å². The van der Waals surface area contributed by atoms with Crippen LogP contribution in [0.4, 0.5) is 0 Å². The second-order valence-corrected chi connectivity index (χ2v) is 6.66. The summed E-state index contributed by atoms with van der Waals surface area (Å²) in [5.41, 5.74) is -0.508. The lowest BCUT2D eigenvalue weighted by Crippen LogP contribution is -2.35. The number of nitrogens with zero attached hydrogens (tertiary/aromatic N) is 1. The molecular weight excluding hydrogens is 320 g/mol. The van der Waals surface area contributed by atoms with E-state index >= 15 is 0 Å². The maximum Gasteiger partial charge on any atom is 0.248 e. The van der Waals surface area contributed by atoms with Crippen LogP contribution in [0.3, 0.4) is 0 Å². The minimum Gasteiger partial charge on any atom is -0.365 e. The molecule has 1 heterocycles. The second-order valence-electron chi connectivity index (χ2n) is 3.90. The van der Waals surface area contributed by atoms with Crippen LogP contribution >= 0.6 is 15.9 Å². The Morgan fingerprint density at radius 1 is 1.22 bits per heavy atom. The van der Waals surface area contributed by atoms with Crippen molar-refractivity contribution >= 4 is 26.0 Å². The van der Waals surface area contributed by atoms with Crippen molar-refractivity contribution in [3.05, 3.63) is 27.1 Å². The molecular formula is C11H17BrN2O3S. The van der Waals surface area contributed by atoms with Gasteiger partial charge in [0.25, 0.3) is 0 Å². The first-order valence-corrected chi connectivity index (χ1v) is 8.05. The number of halogens is 1. The molecule has 1 N–H and O–H groups in total. The summed E-state index contributed by atoms with van der Waals surface area (Å²) in [4.78, 5) is 14.3. The molecule has 7 heteroatoms. The molecule has 1 aromatic heterocycles. The highest BCUT2D eigenvalue weighted by Crippen LogP contribution is 2.14. The first-order valence-electron chi connectivity index (χ1n) is 5.81. The molecule has 0 unspecified atom stereocenters. The Balaban J connectivity index is 3.26. The van der Waals surface area contributed by atoms with Gasteiger partial charge in [-0.3, -0.25) is 4.79 Å². The Kier molecular flexibility index (Phi) is 5.55. The van der Waals surface area contributed by atoms with Crippen LogP contribution in [-0.4, -0.2) is 30.8 Å². The van der Waals surface area contributed by atoms with Crippen molar-refractivity contribution in [3.63, 3.8) is 0 Å². The van der Waals surface area contributed by atoms with Gasteiger partial charge >= 0.3 is 0 Å². The standard InChI is InChI=1S/C11H17BrN2O3S/c1-3-5-14(6-4-2)18(16,17)10-8-13-7-9(12)11(10)15/h7-8H,3-6H2,1-2H3,(H,13,15). The summed E-state index contributed by atoms with van der Waals surface area (Å²) >= 11 is 3.04. The fourth-order valence-corrected chi connectivity index (χ4v) is 3.78. The fraction of sp³-hybridized carbons (Fsp3) is 0.545. The zero-order valence-corrected chi connectivity index (χ0v) is 12.8. The third-order valence-electron chi connectivity index (χ3n) is 2.43. The van der Waals surface area contributed by atoms with Gasteiger partial charge in [-0.1, -0.05) is 13.8 Å².